The Bertz CT molecular complexity index is 311. The quantitative estimate of drug-likeness (QED) is 0.358. The molecule has 2 heterocycles. The van der Waals surface area contributed by atoms with Crippen molar-refractivity contribution in [3.63, 3.8) is 0 Å². The van der Waals surface area contributed by atoms with Gasteiger partial charge in [0.1, 0.15) is 5.85 Å². The van der Waals surface area contributed by atoms with Gasteiger partial charge in [-0.3, -0.25) is 4.57 Å². The zero-order valence-corrected chi connectivity index (χ0v) is 13.7. The van der Waals surface area contributed by atoms with E-state index in [-0.39, 0.29) is 31.5 Å². The number of rotatable bonds is 9. The largest absolute Gasteiger partial charge is 0.437 e. The normalized spacial score (nSPS) is 29.8. The van der Waals surface area contributed by atoms with Gasteiger partial charge in [-0.15, -0.1) is 0 Å². The summed E-state index contributed by atoms with van der Waals surface area (Å²) in [6.07, 6.45) is 1.13. The van der Waals surface area contributed by atoms with Crippen LogP contribution in [0.4, 0.5) is 0 Å². The van der Waals surface area contributed by atoms with Crippen LogP contribution in [0.25, 0.3) is 0 Å². The predicted molar refractivity (Wildman–Crippen MR) is 79.5 cm³/mol. The Hall–Kier alpha value is 0.280. The van der Waals surface area contributed by atoms with E-state index in [1.54, 1.807) is 11.8 Å². The highest BCUT2D eigenvalue weighted by Gasteiger charge is 2.26. The lowest BCUT2D eigenvalue weighted by Crippen LogP contribution is -2.16. The summed E-state index contributed by atoms with van der Waals surface area (Å²) in [7, 11) is -1.96. The number of thioether (sulfide) groups is 2. The van der Waals surface area contributed by atoms with Crippen LogP contribution in [0.5, 0.6) is 0 Å². The van der Waals surface area contributed by atoms with Crippen LogP contribution in [0.2, 0.25) is 0 Å². The molecule has 20 heavy (non-hydrogen) atoms. The SMILES string of the molecule is O=C1OCO[C@H]1CCSCCSCC[C@@H]1OCO[PH]1=O. The molecule has 9 heteroatoms. The summed E-state index contributed by atoms with van der Waals surface area (Å²) in [6, 6.07) is 0. The molecule has 2 fully saturated rings. The molecule has 0 aromatic heterocycles. The standard InChI is InChI=1S/C11H19O6PS2/c12-11-9(14-7-16-11)1-3-19-5-6-20-4-2-10-15-8-17-18(10)13/h9-10,18H,1-8H2/t9-,10+/m0/s1. The molecule has 2 aliphatic rings. The second-order valence-corrected chi connectivity index (χ2v) is 8.30. The summed E-state index contributed by atoms with van der Waals surface area (Å²) in [5.74, 6) is 3.47. The first kappa shape index (κ1) is 16.6. The fourth-order valence-corrected chi connectivity index (χ4v) is 5.05. The smallest absolute Gasteiger partial charge is 0.337 e. The molecule has 2 rings (SSSR count). The lowest BCUT2D eigenvalue weighted by atomic mass is 10.3. The lowest BCUT2D eigenvalue weighted by Gasteiger charge is -2.07. The first-order valence-electron chi connectivity index (χ1n) is 6.49. The maximum absolute atomic E-state index is 11.3. The number of hydrogen-bond acceptors (Lipinski definition) is 8. The third kappa shape index (κ3) is 5.58. The number of carbonyl (C=O) groups is 1. The van der Waals surface area contributed by atoms with Crippen molar-refractivity contribution in [3.05, 3.63) is 0 Å². The van der Waals surface area contributed by atoms with Crippen molar-refractivity contribution in [2.24, 2.45) is 0 Å². The molecular weight excluding hydrogens is 323 g/mol. The Morgan fingerprint density at radius 3 is 2.40 bits per heavy atom. The molecule has 0 aromatic rings. The summed E-state index contributed by atoms with van der Waals surface area (Å²) >= 11 is 3.63. The van der Waals surface area contributed by atoms with Gasteiger partial charge in [-0.25, -0.2) is 4.79 Å². The molecule has 3 atom stereocenters. The zero-order chi connectivity index (χ0) is 14.2. The second-order valence-electron chi connectivity index (χ2n) is 4.28. The van der Waals surface area contributed by atoms with E-state index in [1.807, 2.05) is 11.8 Å². The van der Waals surface area contributed by atoms with E-state index in [0.717, 1.165) is 29.4 Å². The molecule has 0 amide bonds. The topological polar surface area (TPSA) is 71.1 Å². The van der Waals surface area contributed by atoms with Gasteiger partial charge in [0, 0.05) is 11.5 Å². The molecule has 116 valence electrons. The van der Waals surface area contributed by atoms with E-state index in [0.29, 0.717) is 6.42 Å². The summed E-state index contributed by atoms with van der Waals surface area (Å²) in [5.41, 5.74) is 0. The van der Waals surface area contributed by atoms with Crippen LogP contribution in [0.15, 0.2) is 0 Å². The molecule has 0 saturated carbocycles. The fraction of sp³-hybridized carbons (Fsp3) is 0.909. The fourth-order valence-electron chi connectivity index (χ4n) is 1.78. The molecule has 0 bridgehead atoms. The van der Waals surface area contributed by atoms with Crippen LogP contribution in [-0.2, 0) is 28.1 Å². The molecule has 0 spiro atoms. The van der Waals surface area contributed by atoms with Crippen LogP contribution in [0.3, 0.4) is 0 Å². The molecular formula is C11H19O6PS2. The summed E-state index contributed by atoms with van der Waals surface area (Å²) in [6.45, 7) is 0.273. The third-order valence-corrected chi connectivity index (χ3v) is 6.56. The maximum Gasteiger partial charge on any atom is 0.337 e. The van der Waals surface area contributed by atoms with Crippen molar-refractivity contribution in [1.29, 1.82) is 0 Å². The van der Waals surface area contributed by atoms with Crippen molar-refractivity contribution in [1.82, 2.24) is 0 Å². The minimum absolute atomic E-state index is 0.0973. The van der Waals surface area contributed by atoms with Crippen molar-refractivity contribution in [2.45, 2.75) is 24.8 Å². The van der Waals surface area contributed by atoms with Crippen LogP contribution in [0.1, 0.15) is 12.8 Å². The van der Waals surface area contributed by atoms with Gasteiger partial charge in [0.05, 0.1) is 0 Å². The minimum Gasteiger partial charge on any atom is -0.437 e. The van der Waals surface area contributed by atoms with Crippen molar-refractivity contribution in [3.8, 4) is 0 Å². The van der Waals surface area contributed by atoms with Crippen LogP contribution in [-0.4, -0.2) is 54.5 Å². The van der Waals surface area contributed by atoms with Crippen LogP contribution < -0.4 is 0 Å². The Kier molecular flexibility index (Phi) is 7.76. The Morgan fingerprint density at radius 1 is 1.05 bits per heavy atom. The van der Waals surface area contributed by atoms with Gasteiger partial charge in [-0.2, -0.15) is 23.5 Å². The summed E-state index contributed by atoms with van der Waals surface area (Å²) in [4.78, 5) is 11.1. The van der Waals surface area contributed by atoms with Gasteiger partial charge in [0.25, 0.3) is 0 Å². The zero-order valence-electron chi connectivity index (χ0n) is 11.1. The summed E-state index contributed by atoms with van der Waals surface area (Å²) < 4.78 is 31.3. The molecule has 6 nitrogen and oxygen atoms in total. The third-order valence-electron chi connectivity index (χ3n) is 2.89. The first-order chi connectivity index (χ1) is 9.77. The van der Waals surface area contributed by atoms with Gasteiger partial charge in [0.2, 0.25) is 8.03 Å². The Labute approximate surface area is 127 Å². The van der Waals surface area contributed by atoms with Gasteiger partial charge in [-0.05, 0) is 24.3 Å². The number of carbonyl (C=O) groups excluding carboxylic acids is 1. The molecule has 2 saturated heterocycles. The Balaban J connectivity index is 1.38. The molecule has 1 unspecified atom stereocenters. The average molecular weight is 342 g/mol. The van der Waals surface area contributed by atoms with E-state index in [2.05, 4.69) is 0 Å². The highest BCUT2D eigenvalue weighted by molar-refractivity contribution is 8.02. The minimum atomic E-state index is -1.96. The van der Waals surface area contributed by atoms with Crippen LogP contribution >= 0.6 is 31.6 Å². The highest BCUT2D eigenvalue weighted by atomic mass is 32.2. The van der Waals surface area contributed by atoms with Crippen molar-refractivity contribution >= 4 is 37.5 Å². The molecule has 0 aliphatic carbocycles. The van der Waals surface area contributed by atoms with Crippen molar-refractivity contribution in [2.75, 3.05) is 36.6 Å². The maximum atomic E-state index is 11.3. The van der Waals surface area contributed by atoms with Crippen molar-refractivity contribution < 1.29 is 28.1 Å². The predicted octanol–water partition coefficient (Wildman–Crippen LogP) is 1.94. The first-order valence-corrected chi connectivity index (χ1v) is 10.2. The molecule has 0 radical (unpaired) electrons. The van der Waals surface area contributed by atoms with Gasteiger partial charge in [0.15, 0.2) is 19.7 Å². The molecule has 2 aliphatic heterocycles. The van der Waals surface area contributed by atoms with E-state index >= 15 is 0 Å². The average Bonchev–Trinajstić information content (AvgIpc) is 3.02. The van der Waals surface area contributed by atoms with Crippen LogP contribution in [0, 0.1) is 0 Å². The monoisotopic (exact) mass is 342 g/mol. The van der Waals surface area contributed by atoms with E-state index in [9.17, 15) is 9.36 Å². The number of hydrogen-bond donors (Lipinski definition) is 0. The molecule has 0 aromatic carbocycles. The van der Waals surface area contributed by atoms with Gasteiger partial charge in [-0.1, -0.05) is 0 Å². The summed E-state index contributed by atoms with van der Waals surface area (Å²) in [5, 5.41) is 0. The second kappa shape index (κ2) is 9.33. The number of esters is 1. The van der Waals surface area contributed by atoms with Gasteiger partial charge < -0.3 is 18.7 Å². The number of ether oxygens (including phenoxy) is 3. The number of cyclic esters (lactones) is 1. The highest BCUT2D eigenvalue weighted by Crippen LogP contribution is 2.38. The van der Waals surface area contributed by atoms with E-state index in [4.69, 9.17) is 18.7 Å². The van der Waals surface area contributed by atoms with E-state index < -0.39 is 8.03 Å². The molecule has 0 N–H and O–H groups in total. The Morgan fingerprint density at radius 2 is 1.80 bits per heavy atom. The van der Waals surface area contributed by atoms with E-state index in [1.165, 1.54) is 0 Å². The van der Waals surface area contributed by atoms with Gasteiger partial charge >= 0.3 is 5.97 Å². The lowest BCUT2D eigenvalue weighted by molar-refractivity contribution is -0.139.